The van der Waals surface area contributed by atoms with Gasteiger partial charge < -0.3 is 19.0 Å². The molecular weight excluding hydrogens is 804 g/mol. The van der Waals surface area contributed by atoms with Gasteiger partial charge >= 0.3 is 11.8 Å². The first-order valence-electron chi connectivity index (χ1n) is 21.7. The Bertz CT molecular complexity index is 3100. The van der Waals surface area contributed by atoms with Crippen molar-refractivity contribution in [2.45, 2.75) is 89.6 Å². The predicted octanol–water partition coefficient (Wildman–Crippen LogP) is 6.84. The normalized spacial score (nSPS) is 24.2. The van der Waals surface area contributed by atoms with Gasteiger partial charge in [-0.1, -0.05) is 13.0 Å². The monoisotopic (exact) mass is 852 g/mol. The second-order valence-corrected chi connectivity index (χ2v) is 18.4. The third kappa shape index (κ3) is 6.09. The molecule has 3 fully saturated rings. The van der Waals surface area contributed by atoms with Gasteiger partial charge in [-0.3, -0.25) is 23.9 Å². The van der Waals surface area contributed by atoms with E-state index in [0.29, 0.717) is 60.4 Å². The highest BCUT2D eigenvalue weighted by Crippen LogP contribution is 2.55. The van der Waals surface area contributed by atoms with E-state index in [-0.39, 0.29) is 28.9 Å². The molecule has 1 saturated carbocycles. The van der Waals surface area contributed by atoms with E-state index in [1.807, 2.05) is 43.1 Å². The van der Waals surface area contributed by atoms with Crippen LogP contribution >= 0.6 is 0 Å². The first-order valence-corrected chi connectivity index (χ1v) is 21.7. The van der Waals surface area contributed by atoms with E-state index in [9.17, 15) is 14.0 Å². The first kappa shape index (κ1) is 39.3. The number of hydrogen-bond donors (Lipinski definition) is 2. The third-order valence-electron chi connectivity index (χ3n) is 14.1. The number of rotatable bonds is 7. The quantitative estimate of drug-likeness (QED) is 0.177. The fourth-order valence-electron chi connectivity index (χ4n) is 10.7. The molecule has 63 heavy (non-hydrogen) atoms. The molecule has 1 aliphatic carbocycles. The largest absolute Gasteiger partial charge is 0.427 e. The number of aryl methyl sites for hydroxylation is 2. The Morgan fingerprint density at radius 2 is 1.71 bits per heavy atom. The lowest BCUT2D eigenvalue weighted by molar-refractivity contribution is -0.0592. The maximum absolute atomic E-state index is 15.5. The van der Waals surface area contributed by atoms with Crippen molar-refractivity contribution in [3.63, 3.8) is 0 Å². The summed E-state index contributed by atoms with van der Waals surface area (Å²) in [5, 5.41) is 14.2. The fraction of sp³-hybridized carbons (Fsp3) is 0.383. The molecule has 7 heterocycles. The van der Waals surface area contributed by atoms with E-state index in [4.69, 9.17) is 14.7 Å². The summed E-state index contributed by atoms with van der Waals surface area (Å²) < 4.78 is 29.5. The maximum Gasteiger partial charge on any atom is 0.427 e. The van der Waals surface area contributed by atoms with Gasteiger partial charge in [0.05, 0.1) is 46.0 Å². The second-order valence-electron chi connectivity index (χ2n) is 18.4. The zero-order valence-electron chi connectivity index (χ0n) is 36.1. The zero-order chi connectivity index (χ0) is 43.7. The minimum absolute atomic E-state index is 0.0966. The molecule has 0 radical (unpaired) electrons. The molecule has 2 saturated heterocycles. The number of ether oxygens (including phenoxy) is 1. The summed E-state index contributed by atoms with van der Waals surface area (Å²) in [6.07, 6.45) is 6.98. The van der Waals surface area contributed by atoms with Crippen LogP contribution < -0.4 is 16.5 Å². The van der Waals surface area contributed by atoms with Gasteiger partial charge in [0, 0.05) is 60.9 Å². The highest BCUT2D eigenvalue weighted by molar-refractivity contribution is 6.00. The van der Waals surface area contributed by atoms with E-state index >= 15 is 4.79 Å². The van der Waals surface area contributed by atoms with Crippen LogP contribution in [0.25, 0.3) is 39.0 Å². The Balaban J connectivity index is 1.04. The summed E-state index contributed by atoms with van der Waals surface area (Å²) in [7, 11) is 1.87. The number of nitrogens with one attached hydrogen (secondary N) is 2. The number of hydrogen-bond acceptors (Lipinski definition) is 8. The molecular formula is C47H49FN10O5. The molecule has 2 unspecified atom stereocenters. The first-order chi connectivity index (χ1) is 30.2. The minimum Gasteiger partial charge on any atom is -0.376 e. The summed E-state index contributed by atoms with van der Waals surface area (Å²) in [4.78, 5) is 49.7. The standard InChI is InChI=1S/C47H49FN10O5/c1-26-19-34(8-10-35(26)48)58-41(56-17-16-55(45(56)61)33-9-12-37-32(21-33)25-49-53(37)6)40-28(3)54(15-13-36(40)51-58)42(59)39-22-31-20-29(30-14-18-62-46(4,5)24-30)7-11-38(31)57(39)47(23-27(47)2)43-50-44(60)63-52-43/h7-12,16-17,19-22,25,27-28,30,43,52H,13-15,18,23-24H2,1-6H3,(H,50,60)/t27-,28-,30?,43?,47-/m0/s1. The molecule has 324 valence electrons. The highest BCUT2D eigenvalue weighted by atomic mass is 19.1. The Kier molecular flexibility index (Phi) is 8.74. The number of halogens is 1. The summed E-state index contributed by atoms with van der Waals surface area (Å²) >= 11 is 0. The van der Waals surface area contributed by atoms with Crippen LogP contribution in [-0.4, -0.2) is 75.1 Å². The van der Waals surface area contributed by atoms with E-state index in [1.54, 1.807) is 56.1 Å². The number of hydroxylamine groups is 1. The SMILES string of the molecule is Cc1cc(-n2nc3c(c2-n2ccn(-c4ccc5c(cnn5C)c4)c2=O)[C@H](C)N(C(=O)c2cc4cc(C5CCOC(C)(C)C5)ccc4n2[C@@]2(C4NOC(=O)N4)C[C@@H]2C)CC3)ccc1F. The fourth-order valence-corrected chi connectivity index (χ4v) is 10.7. The van der Waals surface area contributed by atoms with E-state index in [2.05, 4.69) is 59.4 Å². The van der Waals surface area contributed by atoms with Gasteiger partial charge in [0.1, 0.15) is 23.5 Å². The molecule has 0 spiro atoms. The minimum atomic E-state index is -0.684. The summed E-state index contributed by atoms with van der Waals surface area (Å²) in [5.74, 6) is 0.332. The molecule has 15 nitrogen and oxygen atoms in total. The van der Waals surface area contributed by atoms with Gasteiger partial charge in [0.15, 0.2) is 0 Å². The lowest BCUT2D eigenvalue weighted by Crippen LogP contribution is -2.49. The second kappa shape index (κ2) is 14.0. The number of aromatic nitrogens is 7. The van der Waals surface area contributed by atoms with Crippen molar-refractivity contribution in [1.82, 2.24) is 49.0 Å². The van der Waals surface area contributed by atoms with Crippen LogP contribution in [-0.2, 0) is 28.6 Å². The number of carbonyl (C=O) groups excluding carboxylic acids is 2. The maximum atomic E-state index is 15.5. The average molecular weight is 853 g/mol. The zero-order valence-corrected chi connectivity index (χ0v) is 36.1. The van der Waals surface area contributed by atoms with Crippen LogP contribution in [0.15, 0.2) is 84.0 Å². The molecule has 11 rings (SSSR count). The van der Waals surface area contributed by atoms with Gasteiger partial charge in [-0.15, -0.1) is 5.48 Å². The van der Waals surface area contributed by atoms with Crippen molar-refractivity contribution in [3.05, 3.63) is 124 Å². The molecule has 4 aromatic heterocycles. The van der Waals surface area contributed by atoms with Crippen molar-refractivity contribution in [1.29, 1.82) is 0 Å². The Hall–Kier alpha value is -6.52. The molecule has 2 N–H and O–H groups in total. The van der Waals surface area contributed by atoms with Crippen LogP contribution in [0.5, 0.6) is 0 Å². The average Bonchev–Trinajstić information content (AvgIpc) is 3.89. The van der Waals surface area contributed by atoms with Crippen molar-refractivity contribution >= 4 is 33.8 Å². The molecule has 5 atom stereocenters. The van der Waals surface area contributed by atoms with Crippen molar-refractivity contribution in [2.24, 2.45) is 13.0 Å². The van der Waals surface area contributed by atoms with Crippen LogP contribution in [0.2, 0.25) is 0 Å². The number of amides is 2. The van der Waals surface area contributed by atoms with E-state index < -0.39 is 23.8 Å². The van der Waals surface area contributed by atoms with Crippen LogP contribution in [0.4, 0.5) is 9.18 Å². The van der Waals surface area contributed by atoms with Crippen molar-refractivity contribution in [3.8, 4) is 17.2 Å². The molecule has 16 heteroatoms. The number of nitrogens with zero attached hydrogens (tertiary/aromatic N) is 8. The summed E-state index contributed by atoms with van der Waals surface area (Å²) in [6, 6.07) is 18.5. The van der Waals surface area contributed by atoms with Crippen molar-refractivity contribution < 1.29 is 23.6 Å². The predicted molar refractivity (Wildman–Crippen MR) is 233 cm³/mol. The van der Waals surface area contributed by atoms with Gasteiger partial charge in [0.2, 0.25) is 0 Å². The molecule has 3 aromatic carbocycles. The Morgan fingerprint density at radius 3 is 2.46 bits per heavy atom. The molecule has 0 bridgehead atoms. The molecule has 7 aromatic rings. The molecule has 4 aliphatic rings. The number of benzene rings is 3. The lowest BCUT2D eigenvalue weighted by atomic mass is 9.83. The van der Waals surface area contributed by atoms with E-state index in [1.165, 1.54) is 11.6 Å². The van der Waals surface area contributed by atoms with Gasteiger partial charge in [0.25, 0.3) is 5.91 Å². The smallest absolute Gasteiger partial charge is 0.376 e. The molecule has 2 amide bonds. The van der Waals surface area contributed by atoms with Gasteiger partial charge in [-0.2, -0.15) is 10.2 Å². The van der Waals surface area contributed by atoms with E-state index in [0.717, 1.165) is 45.9 Å². The number of fused-ring (bicyclic) bond motifs is 3. The Labute approximate surface area is 361 Å². The van der Waals surface area contributed by atoms with Gasteiger partial charge in [-0.25, -0.2) is 18.7 Å². The summed E-state index contributed by atoms with van der Waals surface area (Å²) in [5.41, 5.74) is 8.33. The Morgan fingerprint density at radius 1 is 0.937 bits per heavy atom. The number of imidazole rings is 1. The van der Waals surface area contributed by atoms with Crippen LogP contribution in [0, 0.1) is 18.7 Å². The van der Waals surface area contributed by atoms with Gasteiger partial charge in [-0.05, 0) is 125 Å². The van der Waals surface area contributed by atoms with Crippen molar-refractivity contribution in [2.75, 3.05) is 13.2 Å². The highest BCUT2D eigenvalue weighted by Gasteiger charge is 2.62. The lowest BCUT2D eigenvalue weighted by Gasteiger charge is -2.36. The number of carbonyl (C=O) groups is 2. The van der Waals surface area contributed by atoms with Crippen LogP contribution in [0.3, 0.4) is 0 Å². The summed E-state index contributed by atoms with van der Waals surface area (Å²) in [6.45, 7) is 11.1. The topological polar surface area (TPSA) is 147 Å². The third-order valence-corrected chi connectivity index (χ3v) is 14.1. The van der Waals surface area contributed by atoms with Crippen LogP contribution in [0.1, 0.15) is 91.8 Å². The molecule has 3 aliphatic heterocycles.